The molecule has 2 unspecified atom stereocenters. The summed E-state index contributed by atoms with van der Waals surface area (Å²) in [5.74, 6) is -7.50. The topological polar surface area (TPSA) is 225 Å². The molecule has 0 amide bonds. The van der Waals surface area contributed by atoms with E-state index in [9.17, 15) is 54.6 Å². The van der Waals surface area contributed by atoms with Gasteiger partial charge >= 0.3 is 29.8 Å². The van der Waals surface area contributed by atoms with E-state index in [4.69, 9.17) is 9.47 Å². The molecule has 13 nitrogen and oxygen atoms in total. The molecule has 0 bridgehead atoms. The average molecular weight is 569 g/mol. The van der Waals surface area contributed by atoms with Gasteiger partial charge in [-0.25, -0.2) is 24.0 Å². The number of rotatable bonds is 21. The van der Waals surface area contributed by atoms with E-state index in [1.807, 2.05) is 0 Å². The van der Waals surface area contributed by atoms with Crippen molar-refractivity contribution in [3.63, 3.8) is 0 Å². The van der Waals surface area contributed by atoms with E-state index >= 15 is 0 Å². The Morgan fingerprint density at radius 3 is 1.57 bits per heavy atom. The molecule has 0 saturated heterocycles. The fourth-order valence-corrected chi connectivity index (χ4v) is 4.22. The molecule has 0 spiro atoms. The first kappa shape index (κ1) is 35.9. The summed E-state index contributed by atoms with van der Waals surface area (Å²) in [7, 11) is 0. The second kappa shape index (κ2) is 18.3. The molecule has 0 radical (unpaired) electrons. The number of allylic oxidation sites excluding steroid dienone is 3. The lowest BCUT2D eigenvalue weighted by Gasteiger charge is -2.50. The van der Waals surface area contributed by atoms with Gasteiger partial charge < -0.3 is 40.1 Å². The molecule has 0 rings (SSSR count). The normalized spacial score (nSPS) is 14.9. The quantitative estimate of drug-likeness (QED) is 0.0642. The molecule has 0 saturated carbocycles. The van der Waals surface area contributed by atoms with E-state index in [0.29, 0.717) is 37.5 Å². The van der Waals surface area contributed by atoms with Crippen molar-refractivity contribution in [3.05, 3.63) is 61.8 Å². The summed E-state index contributed by atoms with van der Waals surface area (Å²) in [5.41, 5.74) is -4.26. The highest BCUT2D eigenvalue weighted by molar-refractivity contribution is 5.83. The van der Waals surface area contributed by atoms with Crippen LogP contribution in [0.3, 0.4) is 0 Å². The zero-order valence-electron chi connectivity index (χ0n) is 21.9. The van der Waals surface area contributed by atoms with Crippen molar-refractivity contribution in [1.82, 2.24) is 0 Å². The van der Waals surface area contributed by atoms with Crippen molar-refractivity contribution in [2.75, 3.05) is 26.4 Å². The SMILES string of the molecule is C=CC(=O)OCCCCCC(OC(=O)C=C)C(CO)C(CO)(CO)C(C=CC(=O)O)(C=CC(=O)O)C=CC(=O)O. The van der Waals surface area contributed by atoms with Crippen LogP contribution in [0.5, 0.6) is 0 Å². The minimum Gasteiger partial charge on any atom is -0.478 e. The summed E-state index contributed by atoms with van der Waals surface area (Å²) >= 11 is 0. The molecule has 40 heavy (non-hydrogen) atoms. The number of hydrogen-bond acceptors (Lipinski definition) is 10. The zero-order chi connectivity index (χ0) is 30.8. The number of carboxylic acids is 3. The van der Waals surface area contributed by atoms with Crippen molar-refractivity contribution in [1.29, 1.82) is 0 Å². The first-order valence-corrected chi connectivity index (χ1v) is 12.1. The number of hydrogen-bond donors (Lipinski definition) is 6. The molecule has 0 aliphatic heterocycles. The van der Waals surface area contributed by atoms with Crippen LogP contribution in [-0.4, -0.2) is 93.0 Å². The van der Waals surface area contributed by atoms with Gasteiger partial charge in [0.2, 0.25) is 0 Å². The third-order valence-electron chi connectivity index (χ3n) is 6.27. The Hall–Kier alpha value is -4.07. The Balaban J connectivity index is 6.87. The Labute approximate surface area is 231 Å². The van der Waals surface area contributed by atoms with Gasteiger partial charge in [0, 0.05) is 47.1 Å². The van der Waals surface area contributed by atoms with E-state index in [1.54, 1.807) is 0 Å². The Morgan fingerprint density at radius 1 is 0.725 bits per heavy atom. The van der Waals surface area contributed by atoms with Crippen molar-refractivity contribution in [2.24, 2.45) is 16.7 Å². The minimum absolute atomic E-state index is 0.0198. The summed E-state index contributed by atoms with van der Waals surface area (Å²) in [4.78, 5) is 57.6. The molecule has 6 N–H and O–H groups in total. The fraction of sp³-hybridized carbons (Fsp3) is 0.444. The van der Waals surface area contributed by atoms with Crippen LogP contribution in [0.1, 0.15) is 25.7 Å². The van der Waals surface area contributed by atoms with Crippen molar-refractivity contribution in [2.45, 2.75) is 31.8 Å². The molecule has 0 heterocycles. The van der Waals surface area contributed by atoms with Crippen LogP contribution in [0, 0.1) is 16.7 Å². The van der Waals surface area contributed by atoms with E-state index in [-0.39, 0.29) is 13.0 Å². The van der Waals surface area contributed by atoms with Gasteiger partial charge in [-0.3, -0.25) is 0 Å². The molecule has 2 atom stereocenters. The Kier molecular flexibility index (Phi) is 16.4. The van der Waals surface area contributed by atoms with Crippen LogP contribution in [0.2, 0.25) is 0 Å². The molecule has 0 aromatic rings. The summed E-state index contributed by atoms with van der Waals surface area (Å²) < 4.78 is 10.3. The number of carbonyl (C=O) groups is 5. The first-order chi connectivity index (χ1) is 18.9. The predicted octanol–water partition coefficient (Wildman–Crippen LogP) is 0.862. The third kappa shape index (κ3) is 11.0. The summed E-state index contributed by atoms with van der Waals surface area (Å²) in [6, 6.07) is 0. The number of aliphatic carboxylic acids is 3. The van der Waals surface area contributed by atoms with E-state index in [2.05, 4.69) is 13.2 Å². The van der Waals surface area contributed by atoms with E-state index < -0.39 is 72.5 Å². The lowest BCUT2D eigenvalue weighted by Crippen LogP contribution is -2.55. The number of unbranched alkanes of at least 4 members (excludes halogenated alkanes) is 2. The monoisotopic (exact) mass is 568 g/mol. The predicted molar refractivity (Wildman–Crippen MR) is 140 cm³/mol. The van der Waals surface area contributed by atoms with Gasteiger partial charge in [0.15, 0.2) is 0 Å². The molecule has 0 aromatic heterocycles. The number of esters is 2. The molecular formula is C27H36O13. The summed E-state index contributed by atoms with van der Waals surface area (Å²) in [5, 5.41) is 59.6. The van der Waals surface area contributed by atoms with Gasteiger partial charge in [-0.2, -0.15) is 0 Å². The van der Waals surface area contributed by atoms with Crippen LogP contribution in [0.15, 0.2) is 61.8 Å². The summed E-state index contributed by atoms with van der Waals surface area (Å²) in [6.45, 7) is 3.70. The smallest absolute Gasteiger partial charge is 0.330 e. The van der Waals surface area contributed by atoms with Crippen LogP contribution in [-0.2, 0) is 33.4 Å². The number of carboxylic acid groups (broad SMARTS) is 3. The van der Waals surface area contributed by atoms with Crippen LogP contribution in [0.25, 0.3) is 0 Å². The fourth-order valence-electron chi connectivity index (χ4n) is 4.22. The lowest BCUT2D eigenvalue weighted by atomic mass is 9.55. The van der Waals surface area contributed by atoms with Crippen molar-refractivity contribution in [3.8, 4) is 0 Å². The lowest BCUT2D eigenvalue weighted by molar-refractivity contribution is -0.160. The van der Waals surface area contributed by atoms with Gasteiger partial charge in [0.05, 0.1) is 26.4 Å². The van der Waals surface area contributed by atoms with Gasteiger partial charge in [-0.15, -0.1) is 0 Å². The van der Waals surface area contributed by atoms with E-state index in [0.717, 1.165) is 30.4 Å². The second-order valence-corrected chi connectivity index (χ2v) is 8.61. The number of carbonyl (C=O) groups excluding carboxylic acids is 2. The maximum atomic E-state index is 12.2. The first-order valence-electron chi connectivity index (χ1n) is 12.1. The van der Waals surface area contributed by atoms with Gasteiger partial charge in [-0.1, -0.05) is 31.4 Å². The number of ether oxygens (including phenoxy) is 2. The van der Waals surface area contributed by atoms with Gasteiger partial charge in [-0.05, 0) is 25.7 Å². The Bertz CT molecular complexity index is 929. The van der Waals surface area contributed by atoms with Crippen LogP contribution in [0.4, 0.5) is 0 Å². The van der Waals surface area contributed by atoms with E-state index in [1.165, 1.54) is 0 Å². The second-order valence-electron chi connectivity index (χ2n) is 8.61. The maximum absolute atomic E-state index is 12.2. The average Bonchev–Trinajstić information content (AvgIpc) is 2.92. The highest BCUT2D eigenvalue weighted by Crippen LogP contribution is 2.51. The van der Waals surface area contributed by atoms with Crippen molar-refractivity contribution >= 4 is 29.8 Å². The maximum Gasteiger partial charge on any atom is 0.330 e. The molecule has 0 fully saturated rings. The standard InChI is InChI=1S/C27H36O13/c1-3-24(37)39-15-7-5-6-8-20(40-25(38)4-2)19(16-28)27(17-29,18-30)26(12-9-21(31)32,13-10-22(33)34)14-11-23(35)36/h3-4,9-14,19-20,28-30H,1-2,5-8,15-18H2,(H,31,32)(H,33,34)(H,35,36). The summed E-state index contributed by atoms with van der Waals surface area (Å²) in [6.07, 6.45) is 6.03. The molecule has 222 valence electrons. The zero-order valence-corrected chi connectivity index (χ0v) is 21.9. The van der Waals surface area contributed by atoms with Crippen LogP contribution < -0.4 is 0 Å². The third-order valence-corrected chi connectivity index (χ3v) is 6.27. The molecule has 0 aromatic carbocycles. The van der Waals surface area contributed by atoms with Gasteiger partial charge in [0.1, 0.15) is 6.10 Å². The highest BCUT2D eigenvalue weighted by atomic mass is 16.5. The highest BCUT2D eigenvalue weighted by Gasteiger charge is 2.54. The minimum atomic E-state index is -2.14. The molecule has 0 aliphatic rings. The largest absolute Gasteiger partial charge is 0.478 e. The van der Waals surface area contributed by atoms with Crippen LogP contribution >= 0.6 is 0 Å². The molecule has 0 aliphatic carbocycles. The van der Waals surface area contributed by atoms with Crippen molar-refractivity contribution < 1.29 is 64.1 Å². The number of aliphatic hydroxyl groups is 3. The Morgan fingerprint density at radius 2 is 1.20 bits per heavy atom. The molecule has 13 heteroatoms. The molecular weight excluding hydrogens is 532 g/mol. The number of aliphatic hydroxyl groups excluding tert-OH is 3. The van der Waals surface area contributed by atoms with Gasteiger partial charge in [0.25, 0.3) is 0 Å².